The number of ether oxygens (including phenoxy) is 1. The molecule has 2 aromatic rings. The van der Waals surface area contributed by atoms with Gasteiger partial charge in [-0.2, -0.15) is 0 Å². The fraction of sp³-hybridized carbons (Fsp3) is 0.417. The molecule has 2 atom stereocenters. The van der Waals surface area contributed by atoms with Crippen molar-refractivity contribution < 1.29 is 4.74 Å². The summed E-state index contributed by atoms with van der Waals surface area (Å²) in [6.07, 6.45) is 0. The van der Waals surface area contributed by atoms with Crippen molar-refractivity contribution in [3.63, 3.8) is 0 Å². The predicted octanol–water partition coefficient (Wildman–Crippen LogP) is 2.59. The zero-order valence-corrected chi connectivity index (χ0v) is 11.3. The van der Waals surface area contributed by atoms with Crippen molar-refractivity contribution in [3.05, 3.63) is 35.7 Å². The summed E-state index contributed by atoms with van der Waals surface area (Å²) in [5.74, 6) is 1.49. The first-order chi connectivity index (χ1) is 8.63. The van der Waals surface area contributed by atoms with Crippen molar-refractivity contribution in [2.75, 3.05) is 7.11 Å². The van der Waals surface area contributed by atoms with E-state index in [4.69, 9.17) is 16.3 Å². The number of hydrogen-bond acceptors (Lipinski definition) is 4. The van der Waals surface area contributed by atoms with E-state index in [-0.39, 0.29) is 11.4 Å². The standard InChI is InChI=1S/C12H15ClN4O/c1-8(13)12-14-15-16-17(12)9(2)10-4-6-11(18-3)7-5-10/h4-9H,1-3H3. The fourth-order valence-electron chi connectivity index (χ4n) is 1.76. The first-order valence-corrected chi connectivity index (χ1v) is 6.13. The Balaban J connectivity index is 2.29. The van der Waals surface area contributed by atoms with E-state index in [9.17, 15) is 0 Å². The van der Waals surface area contributed by atoms with Gasteiger partial charge in [0.05, 0.1) is 18.5 Å². The molecule has 0 spiro atoms. The molecule has 0 amide bonds. The van der Waals surface area contributed by atoms with Gasteiger partial charge in [0.25, 0.3) is 0 Å². The summed E-state index contributed by atoms with van der Waals surface area (Å²) in [4.78, 5) is 0. The van der Waals surface area contributed by atoms with Crippen LogP contribution in [0.3, 0.4) is 0 Å². The number of aromatic nitrogens is 4. The molecule has 18 heavy (non-hydrogen) atoms. The van der Waals surface area contributed by atoms with E-state index in [2.05, 4.69) is 15.5 Å². The molecule has 5 nitrogen and oxygen atoms in total. The molecular weight excluding hydrogens is 252 g/mol. The average Bonchev–Trinajstić information content (AvgIpc) is 2.87. The second-order valence-electron chi connectivity index (χ2n) is 4.05. The number of rotatable bonds is 4. The van der Waals surface area contributed by atoms with Gasteiger partial charge in [0, 0.05) is 0 Å². The van der Waals surface area contributed by atoms with Crippen LogP contribution in [-0.4, -0.2) is 27.3 Å². The van der Waals surface area contributed by atoms with E-state index in [0.717, 1.165) is 11.3 Å². The normalized spacial score (nSPS) is 14.2. The molecule has 0 saturated heterocycles. The van der Waals surface area contributed by atoms with Crippen molar-refractivity contribution in [2.24, 2.45) is 0 Å². The van der Waals surface area contributed by atoms with E-state index in [0.29, 0.717) is 5.82 Å². The van der Waals surface area contributed by atoms with E-state index in [1.165, 1.54) is 0 Å². The van der Waals surface area contributed by atoms with Crippen LogP contribution in [0.4, 0.5) is 0 Å². The van der Waals surface area contributed by atoms with Crippen molar-refractivity contribution in [1.29, 1.82) is 0 Å². The van der Waals surface area contributed by atoms with Crippen molar-refractivity contribution in [1.82, 2.24) is 20.2 Å². The van der Waals surface area contributed by atoms with Crippen LogP contribution in [0.25, 0.3) is 0 Å². The smallest absolute Gasteiger partial charge is 0.169 e. The number of methoxy groups -OCH3 is 1. The summed E-state index contributed by atoms with van der Waals surface area (Å²) in [5, 5.41) is 11.4. The summed E-state index contributed by atoms with van der Waals surface area (Å²) in [6.45, 7) is 3.88. The first-order valence-electron chi connectivity index (χ1n) is 5.69. The lowest BCUT2D eigenvalue weighted by Crippen LogP contribution is -2.13. The fourth-order valence-corrected chi connectivity index (χ4v) is 1.91. The van der Waals surface area contributed by atoms with Crippen molar-refractivity contribution in [3.8, 4) is 5.75 Å². The van der Waals surface area contributed by atoms with Gasteiger partial charge in [-0.3, -0.25) is 0 Å². The Kier molecular flexibility index (Phi) is 3.81. The van der Waals surface area contributed by atoms with E-state index in [1.807, 2.05) is 38.1 Å². The highest BCUT2D eigenvalue weighted by atomic mass is 35.5. The van der Waals surface area contributed by atoms with Gasteiger partial charge in [-0.1, -0.05) is 12.1 Å². The number of tetrazole rings is 1. The lowest BCUT2D eigenvalue weighted by atomic mass is 10.1. The highest BCUT2D eigenvalue weighted by Crippen LogP contribution is 2.24. The maximum absolute atomic E-state index is 6.05. The molecule has 1 aromatic heterocycles. The minimum Gasteiger partial charge on any atom is -0.497 e. The molecule has 0 aliphatic heterocycles. The maximum Gasteiger partial charge on any atom is 0.169 e. The molecule has 1 heterocycles. The Bertz CT molecular complexity index is 509. The predicted molar refractivity (Wildman–Crippen MR) is 68.9 cm³/mol. The molecule has 0 aliphatic rings. The van der Waals surface area contributed by atoms with Gasteiger partial charge in [-0.25, -0.2) is 4.68 Å². The van der Waals surface area contributed by atoms with Crippen molar-refractivity contribution in [2.45, 2.75) is 25.3 Å². The second-order valence-corrected chi connectivity index (χ2v) is 4.70. The zero-order valence-electron chi connectivity index (χ0n) is 10.5. The Morgan fingerprint density at radius 2 is 1.89 bits per heavy atom. The number of nitrogens with zero attached hydrogens (tertiary/aromatic N) is 4. The van der Waals surface area contributed by atoms with E-state index < -0.39 is 0 Å². The lowest BCUT2D eigenvalue weighted by Gasteiger charge is -2.15. The molecule has 0 aliphatic carbocycles. The van der Waals surface area contributed by atoms with E-state index >= 15 is 0 Å². The first kappa shape index (κ1) is 12.8. The van der Waals surface area contributed by atoms with Crippen LogP contribution in [0, 0.1) is 0 Å². The minimum atomic E-state index is -0.222. The number of hydrogen-bond donors (Lipinski definition) is 0. The molecule has 0 radical (unpaired) electrons. The van der Waals surface area contributed by atoms with Crippen LogP contribution in [-0.2, 0) is 0 Å². The van der Waals surface area contributed by atoms with Crippen LogP contribution in [0.15, 0.2) is 24.3 Å². The Morgan fingerprint density at radius 3 is 2.44 bits per heavy atom. The zero-order chi connectivity index (χ0) is 13.1. The van der Waals surface area contributed by atoms with Gasteiger partial charge >= 0.3 is 0 Å². The van der Waals surface area contributed by atoms with Crippen LogP contribution in [0.1, 0.15) is 36.7 Å². The number of alkyl halides is 1. The largest absolute Gasteiger partial charge is 0.497 e. The third kappa shape index (κ3) is 2.46. The highest BCUT2D eigenvalue weighted by Gasteiger charge is 2.17. The number of halogens is 1. The molecule has 2 rings (SSSR count). The third-order valence-corrected chi connectivity index (χ3v) is 3.03. The van der Waals surface area contributed by atoms with E-state index in [1.54, 1.807) is 11.8 Å². The topological polar surface area (TPSA) is 52.8 Å². The van der Waals surface area contributed by atoms with Crippen molar-refractivity contribution >= 4 is 11.6 Å². The SMILES string of the molecule is COc1ccc(C(C)n2nnnc2C(C)Cl)cc1. The molecule has 2 unspecified atom stereocenters. The molecule has 0 N–H and O–H groups in total. The lowest BCUT2D eigenvalue weighted by molar-refractivity contribution is 0.414. The van der Waals surface area contributed by atoms with Crippen LogP contribution in [0.2, 0.25) is 0 Å². The Labute approximate surface area is 111 Å². The van der Waals surface area contributed by atoms with Crippen LogP contribution < -0.4 is 4.74 Å². The monoisotopic (exact) mass is 266 g/mol. The Hall–Kier alpha value is -1.62. The van der Waals surface area contributed by atoms with Gasteiger partial charge in [-0.15, -0.1) is 16.7 Å². The third-order valence-electron chi connectivity index (χ3n) is 2.84. The summed E-state index contributed by atoms with van der Waals surface area (Å²) >= 11 is 6.05. The molecule has 96 valence electrons. The molecule has 6 heteroatoms. The highest BCUT2D eigenvalue weighted by molar-refractivity contribution is 6.20. The summed E-state index contributed by atoms with van der Waals surface area (Å²) in [5.41, 5.74) is 1.10. The molecule has 0 bridgehead atoms. The maximum atomic E-state index is 6.05. The van der Waals surface area contributed by atoms with Crippen LogP contribution >= 0.6 is 11.6 Å². The van der Waals surface area contributed by atoms with Crippen LogP contribution in [0.5, 0.6) is 5.75 Å². The second kappa shape index (κ2) is 5.35. The molecule has 0 fully saturated rings. The minimum absolute atomic E-state index is 0.0297. The molecule has 0 saturated carbocycles. The molecule has 1 aromatic carbocycles. The van der Waals surface area contributed by atoms with Gasteiger partial charge in [-0.05, 0) is 42.0 Å². The van der Waals surface area contributed by atoms with Gasteiger partial charge in [0.1, 0.15) is 5.75 Å². The summed E-state index contributed by atoms with van der Waals surface area (Å²) in [6, 6.07) is 7.85. The summed E-state index contributed by atoms with van der Waals surface area (Å²) < 4.78 is 6.87. The Morgan fingerprint density at radius 1 is 1.22 bits per heavy atom. The summed E-state index contributed by atoms with van der Waals surface area (Å²) in [7, 11) is 1.65. The quantitative estimate of drug-likeness (QED) is 0.798. The van der Waals surface area contributed by atoms with Gasteiger partial charge in [0.2, 0.25) is 0 Å². The average molecular weight is 267 g/mol. The number of benzene rings is 1. The molecular formula is C12H15ClN4O. The van der Waals surface area contributed by atoms with Gasteiger partial charge in [0.15, 0.2) is 5.82 Å². The van der Waals surface area contributed by atoms with Gasteiger partial charge < -0.3 is 4.74 Å².